The standard InChI is InChI=1S/C19H25N5O2S.ClH/c1-23(13-18(25)21-15-7-3-4-8-17(15)27-2)19(26)16-9-11-24(22-16)14-6-5-10-20-12-14;/h3-4,7-9,11,14,20H,5-6,10,12-13H2,1-2H3,(H,21,25);1H. The number of carbonyl (C=O) groups excluding carboxylic acids is 2. The molecule has 1 aliphatic heterocycles. The largest absolute Gasteiger partial charge is 0.331 e. The van der Waals surface area contributed by atoms with Gasteiger partial charge in [-0.3, -0.25) is 14.3 Å². The lowest BCUT2D eigenvalue weighted by atomic mass is 10.1. The molecule has 1 fully saturated rings. The molecule has 7 nitrogen and oxygen atoms in total. The van der Waals surface area contributed by atoms with E-state index in [-0.39, 0.29) is 36.8 Å². The first-order valence-electron chi connectivity index (χ1n) is 9.02. The second-order valence-electron chi connectivity index (χ2n) is 6.59. The smallest absolute Gasteiger partial charge is 0.274 e. The number of nitrogens with one attached hydrogen (secondary N) is 2. The minimum absolute atomic E-state index is 0. The predicted molar refractivity (Wildman–Crippen MR) is 114 cm³/mol. The van der Waals surface area contributed by atoms with Gasteiger partial charge in [-0.1, -0.05) is 12.1 Å². The Morgan fingerprint density at radius 1 is 1.36 bits per heavy atom. The quantitative estimate of drug-likeness (QED) is 0.698. The molecule has 0 aliphatic carbocycles. The van der Waals surface area contributed by atoms with Crippen LogP contribution >= 0.6 is 24.2 Å². The first-order chi connectivity index (χ1) is 13.1. The monoisotopic (exact) mass is 423 g/mol. The first kappa shape index (κ1) is 22.3. The Balaban J connectivity index is 0.00000280. The highest BCUT2D eigenvalue weighted by Gasteiger charge is 2.21. The van der Waals surface area contributed by atoms with Crippen LogP contribution in [0.25, 0.3) is 0 Å². The molecule has 2 heterocycles. The number of piperidine rings is 1. The van der Waals surface area contributed by atoms with Gasteiger partial charge >= 0.3 is 0 Å². The van der Waals surface area contributed by atoms with Crippen molar-refractivity contribution in [2.45, 2.75) is 23.8 Å². The van der Waals surface area contributed by atoms with Crippen molar-refractivity contribution in [1.82, 2.24) is 20.0 Å². The van der Waals surface area contributed by atoms with Crippen LogP contribution in [-0.2, 0) is 4.79 Å². The van der Waals surface area contributed by atoms with Crippen LogP contribution in [0.2, 0.25) is 0 Å². The molecule has 1 aromatic heterocycles. The normalized spacial score (nSPS) is 16.1. The molecular weight excluding hydrogens is 398 g/mol. The van der Waals surface area contributed by atoms with E-state index in [1.54, 1.807) is 24.9 Å². The molecule has 0 spiro atoms. The maximum absolute atomic E-state index is 12.6. The molecule has 0 saturated carbocycles. The summed E-state index contributed by atoms with van der Waals surface area (Å²) in [7, 11) is 1.61. The molecule has 1 atom stereocenters. The highest BCUT2D eigenvalue weighted by atomic mass is 35.5. The van der Waals surface area contributed by atoms with Crippen LogP contribution < -0.4 is 10.6 Å². The van der Waals surface area contributed by atoms with Crippen molar-refractivity contribution in [2.24, 2.45) is 0 Å². The number of nitrogens with zero attached hydrogens (tertiary/aromatic N) is 3. The van der Waals surface area contributed by atoms with Crippen LogP contribution in [0.4, 0.5) is 5.69 Å². The zero-order chi connectivity index (χ0) is 19.2. The molecule has 1 aliphatic rings. The summed E-state index contributed by atoms with van der Waals surface area (Å²) in [6.07, 6.45) is 5.95. The SMILES string of the molecule is CSc1ccccc1NC(=O)CN(C)C(=O)c1ccn(C2CCCNC2)n1.Cl. The van der Waals surface area contributed by atoms with Crippen LogP contribution in [0.5, 0.6) is 0 Å². The number of hydrogen-bond donors (Lipinski definition) is 2. The van der Waals surface area contributed by atoms with Crippen molar-refractivity contribution in [3.63, 3.8) is 0 Å². The Kier molecular flexibility index (Phi) is 8.35. The zero-order valence-electron chi connectivity index (χ0n) is 16.1. The molecule has 1 unspecified atom stereocenters. The van der Waals surface area contributed by atoms with E-state index in [0.29, 0.717) is 5.69 Å². The average Bonchev–Trinajstić information content (AvgIpc) is 3.18. The fourth-order valence-electron chi connectivity index (χ4n) is 3.14. The first-order valence-corrected chi connectivity index (χ1v) is 10.2. The van der Waals surface area contributed by atoms with Crippen molar-refractivity contribution < 1.29 is 9.59 Å². The van der Waals surface area contributed by atoms with E-state index in [1.165, 1.54) is 4.90 Å². The van der Waals surface area contributed by atoms with E-state index in [4.69, 9.17) is 0 Å². The summed E-state index contributed by atoms with van der Waals surface area (Å²) in [6.45, 7) is 1.86. The van der Waals surface area contributed by atoms with Crippen molar-refractivity contribution in [3.8, 4) is 0 Å². The van der Waals surface area contributed by atoms with E-state index >= 15 is 0 Å². The fourth-order valence-corrected chi connectivity index (χ4v) is 3.69. The zero-order valence-corrected chi connectivity index (χ0v) is 17.7. The van der Waals surface area contributed by atoms with Crippen LogP contribution in [-0.4, -0.2) is 59.4 Å². The number of likely N-dealkylation sites (N-methyl/N-ethyl adjacent to an activating group) is 1. The minimum atomic E-state index is -0.258. The number of rotatable bonds is 6. The molecule has 2 amide bonds. The molecule has 3 rings (SSSR count). The average molecular weight is 424 g/mol. The molecule has 0 radical (unpaired) electrons. The molecule has 1 aromatic carbocycles. The van der Waals surface area contributed by atoms with Crippen LogP contribution in [0, 0.1) is 0 Å². The molecule has 9 heteroatoms. The third kappa shape index (κ3) is 5.50. The minimum Gasteiger partial charge on any atom is -0.331 e. The summed E-state index contributed by atoms with van der Waals surface area (Å²) in [6, 6.07) is 9.59. The molecule has 2 N–H and O–H groups in total. The second kappa shape index (κ2) is 10.5. The molecule has 152 valence electrons. The third-order valence-electron chi connectivity index (χ3n) is 4.58. The Hall–Kier alpha value is -2.03. The van der Waals surface area contributed by atoms with E-state index < -0.39 is 0 Å². The van der Waals surface area contributed by atoms with Crippen LogP contribution in [0.3, 0.4) is 0 Å². The lowest BCUT2D eigenvalue weighted by molar-refractivity contribution is -0.116. The highest BCUT2D eigenvalue weighted by molar-refractivity contribution is 7.98. The second-order valence-corrected chi connectivity index (χ2v) is 7.44. The van der Waals surface area contributed by atoms with Gasteiger partial charge in [-0.05, 0) is 43.8 Å². The van der Waals surface area contributed by atoms with Crippen molar-refractivity contribution in [2.75, 3.05) is 38.3 Å². The van der Waals surface area contributed by atoms with E-state index in [1.807, 2.05) is 41.4 Å². The Bertz CT molecular complexity index is 807. The van der Waals surface area contributed by atoms with Crippen molar-refractivity contribution in [1.29, 1.82) is 0 Å². The lowest BCUT2D eigenvalue weighted by Gasteiger charge is -2.23. The Morgan fingerprint density at radius 3 is 2.86 bits per heavy atom. The third-order valence-corrected chi connectivity index (χ3v) is 5.38. The van der Waals surface area contributed by atoms with E-state index in [2.05, 4.69) is 15.7 Å². The number of para-hydroxylation sites is 1. The number of hydrogen-bond acceptors (Lipinski definition) is 5. The van der Waals surface area contributed by atoms with Gasteiger partial charge in [-0.15, -0.1) is 24.2 Å². The van der Waals surface area contributed by atoms with Crippen molar-refractivity contribution >= 4 is 41.7 Å². The summed E-state index contributed by atoms with van der Waals surface area (Å²) in [5.74, 6) is -0.492. The fraction of sp³-hybridized carbons (Fsp3) is 0.421. The lowest BCUT2D eigenvalue weighted by Crippen LogP contribution is -2.35. The number of anilines is 1. The van der Waals surface area contributed by atoms with Gasteiger partial charge in [-0.25, -0.2) is 0 Å². The molecular formula is C19H26ClN5O2S. The molecule has 28 heavy (non-hydrogen) atoms. The van der Waals surface area contributed by atoms with Gasteiger partial charge in [0.25, 0.3) is 5.91 Å². The number of halogens is 1. The summed E-state index contributed by atoms with van der Waals surface area (Å²) >= 11 is 1.56. The number of thioether (sulfide) groups is 1. The Morgan fingerprint density at radius 2 is 2.14 bits per heavy atom. The van der Waals surface area contributed by atoms with Crippen LogP contribution in [0.1, 0.15) is 29.4 Å². The summed E-state index contributed by atoms with van der Waals surface area (Å²) in [5.41, 5.74) is 1.12. The summed E-state index contributed by atoms with van der Waals surface area (Å²) < 4.78 is 1.85. The van der Waals surface area contributed by atoms with Gasteiger partial charge in [0.05, 0.1) is 18.3 Å². The number of carbonyl (C=O) groups is 2. The molecule has 2 aromatic rings. The van der Waals surface area contributed by atoms with E-state index in [9.17, 15) is 9.59 Å². The number of aromatic nitrogens is 2. The summed E-state index contributed by atoms with van der Waals surface area (Å²) in [5, 5.41) is 10.6. The van der Waals surface area contributed by atoms with Gasteiger partial charge in [0.15, 0.2) is 0 Å². The van der Waals surface area contributed by atoms with Gasteiger partial charge in [0.1, 0.15) is 5.69 Å². The van der Waals surface area contributed by atoms with Gasteiger partial charge in [-0.2, -0.15) is 5.10 Å². The van der Waals surface area contributed by atoms with E-state index in [0.717, 1.165) is 36.5 Å². The summed E-state index contributed by atoms with van der Waals surface area (Å²) in [4.78, 5) is 27.3. The Labute approximate surface area is 175 Å². The maximum atomic E-state index is 12.6. The van der Waals surface area contributed by atoms with Crippen LogP contribution in [0.15, 0.2) is 41.4 Å². The number of benzene rings is 1. The molecule has 1 saturated heterocycles. The van der Waals surface area contributed by atoms with Gasteiger partial charge in [0, 0.05) is 24.7 Å². The maximum Gasteiger partial charge on any atom is 0.274 e. The number of amides is 2. The van der Waals surface area contributed by atoms with Gasteiger partial charge < -0.3 is 15.5 Å². The van der Waals surface area contributed by atoms with Gasteiger partial charge in [0.2, 0.25) is 5.91 Å². The molecule has 0 bridgehead atoms. The topological polar surface area (TPSA) is 79.3 Å². The predicted octanol–water partition coefficient (Wildman–Crippen LogP) is 2.66. The highest BCUT2D eigenvalue weighted by Crippen LogP contribution is 2.24. The van der Waals surface area contributed by atoms with Crippen molar-refractivity contribution in [3.05, 3.63) is 42.2 Å².